The van der Waals surface area contributed by atoms with Crippen molar-refractivity contribution in [2.45, 2.75) is 19.3 Å². The predicted octanol–water partition coefficient (Wildman–Crippen LogP) is 4.24. The molecular formula is C29H31N5O4. The molecule has 9 heteroatoms. The fraction of sp³-hybridized carbons (Fsp3) is 0.345. The zero-order valence-corrected chi connectivity index (χ0v) is 21.9. The average molecular weight is 514 g/mol. The van der Waals surface area contributed by atoms with E-state index in [-0.39, 0.29) is 11.8 Å². The summed E-state index contributed by atoms with van der Waals surface area (Å²) in [4.78, 5) is 31.0. The van der Waals surface area contributed by atoms with E-state index >= 15 is 0 Å². The lowest BCUT2D eigenvalue weighted by Gasteiger charge is -2.38. The van der Waals surface area contributed by atoms with Gasteiger partial charge in [-0.1, -0.05) is 0 Å². The molecule has 0 bridgehead atoms. The van der Waals surface area contributed by atoms with Gasteiger partial charge in [-0.05, 0) is 55.7 Å². The van der Waals surface area contributed by atoms with Crippen LogP contribution in [0.4, 0.5) is 5.69 Å². The van der Waals surface area contributed by atoms with Crippen molar-refractivity contribution in [1.82, 2.24) is 19.7 Å². The van der Waals surface area contributed by atoms with Crippen molar-refractivity contribution in [3.63, 3.8) is 0 Å². The molecule has 2 aromatic heterocycles. The van der Waals surface area contributed by atoms with Crippen LogP contribution in [0, 0.1) is 5.41 Å². The van der Waals surface area contributed by atoms with E-state index in [4.69, 9.17) is 9.47 Å². The average Bonchev–Trinajstić information content (AvgIpc) is 3.68. The molecule has 2 amide bonds. The van der Waals surface area contributed by atoms with E-state index in [9.17, 15) is 9.59 Å². The fourth-order valence-electron chi connectivity index (χ4n) is 5.97. The van der Waals surface area contributed by atoms with Crippen LogP contribution in [0.2, 0.25) is 0 Å². The number of carbonyl (C=O) groups is 2. The van der Waals surface area contributed by atoms with Gasteiger partial charge in [0.15, 0.2) is 0 Å². The summed E-state index contributed by atoms with van der Waals surface area (Å²) in [7, 11) is 5.19. The molecule has 9 nitrogen and oxygen atoms in total. The zero-order chi connectivity index (χ0) is 26.4. The van der Waals surface area contributed by atoms with Crippen molar-refractivity contribution < 1.29 is 19.1 Å². The summed E-state index contributed by atoms with van der Waals surface area (Å²) in [5, 5.41) is 7.82. The van der Waals surface area contributed by atoms with Crippen molar-refractivity contribution in [2.24, 2.45) is 12.5 Å². The van der Waals surface area contributed by atoms with Gasteiger partial charge in [-0.25, -0.2) is 0 Å². The van der Waals surface area contributed by atoms with Crippen LogP contribution in [0.3, 0.4) is 0 Å². The maximum absolute atomic E-state index is 13.7. The number of hydrogen-bond acceptors (Lipinski definition) is 5. The third-order valence-corrected chi connectivity index (χ3v) is 8.30. The Bertz CT molecular complexity index is 1520. The number of amides is 2. The molecule has 2 aromatic carbocycles. The third kappa shape index (κ3) is 3.81. The molecule has 1 N–H and O–H groups in total. The second-order valence-electron chi connectivity index (χ2n) is 10.2. The summed E-state index contributed by atoms with van der Waals surface area (Å²) in [5.74, 6) is 1.60. The van der Waals surface area contributed by atoms with Crippen molar-refractivity contribution >= 4 is 28.4 Å². The highest BCUT2D eigenvalue weighted by Gasteiger charge is 2.49. The number of ether oxygens (including phenoxy) is 2. The number of nitrogens with one attached hydrogen (secondary N) is 1. The molecule has 38 heavy (non-hydrogen) atoms. The molecule has 2 fully saturated rings. The van der Waals surface area contributed by atoms with Crippen LogP contribution in [-0.2, 0) is 11.8 Å². The summed E-state index contributed by atoms with van der Waals surface area (Å²) >= 11 is 0. The summed E-state index contributed by atoms with van der Waals surface area (Å²) in [6.45, 7) is 1.78. The van der Waals surface area contributed by atoms with Crippen LogP contribution in [-0.4, -0.2) is 65.3 Å². The smallest absolute Gasteiger partial charge is 0.270 e. The van der Waals surface area contributed by atoms with Crippen LogP contribution in [0.5, 0.6) is 11.5 Å². The van der Waals surface area contributed by atoms with E-state index in [1.54, 1.807) is 20.4 Å². The first kappa shape index (κ1) is 24.1. The first-order valence-corrected chi connectivity index (χ1v) is 12.9. The van der Waals surface area contributed by atoms with Gasteiger partial charge in [0.2, 0.25) is 5.91 Å². The van der Waals surface area contributed by atoms with Crippen LogP contribution >= 0.6 is 0 Å². The highest BCUT2D eigenvalue weighted by molar-refractivity contribution is 6.01. The number of H-pyrrole nitrogens is 1. The van der Waals surface area contributed by atoms with Gasteiger partial charge in [0.25, 0.3) is 5.91 Å². The van der Waals surface area contributed by atoms with Crippen LogP contribution in [0.15, 0.2) is 54.9 Å². The van der Waals surface area contributed by atoms with Crippen molar-refractivity contribution in [3.05, 3.63) is 60.6 Å². The number of methoxy groups -OCH3 is 2. The van der Waals surface area contributed by atoms with E-state index in [1.807, 2.05) is 70.1 Å². The number of aromatic nitrogens is 3. The van der Waals surface area contributed by atoms with Gasteiger partial charge >= 0.3 is 0 Å². The van der Waals surface area contributed by atoms with E-state index in [0.717, 1.165) is 39.9 Å². The first-order valence-electron chi connectivity index (χ1n) is 12.9. The maximum atomic E-state index is 13.7. The Morgan fingerprint density at radius 2 is 1.79 bits per heavy atom. The number of nitrogens with zero attached hydrogens (tertiary/aromatic N) is 4. The summed E-state index contributed by atoms with van der Waals surface area (Å²) in [5.41, 5.74) is 3.89. The van der Waals surface area contributed by atoms with Crippen LogP contribution < -0.4 is 14.4 Å². The number of piperidine rings is 1. The zero-order valence-electron chi connectivity index (χ0n) is 21.9. The molecule has 0 saturated carbocycles. The monoisotopic (exact) mass is 513 g/mol. The third-order valence-electron chi connectivity index (χ3n) is 8.30. The lowest BCUT2D eigenvalue weighted by atomic mass is 9.77. The second kappa shape index (κ2) is 9.24. The Labute approximate surface area is 220 Å². The number of aryl methyl sites for hydroxylation is 1. The molecule has 0 unspecified atom stereocenters. The summed E-state index contributed by atoms with van der Waals surface area (Å²) in [6, 6.07) is 13.6. The highest BCUT2D eigenvalue weighted by atomic mass is 16.5. The Hall–Kier alpha value is -4.27. The largest absolute Gasteiger partial charge is 0.497 e. The topological polar surface area (TPSA) is 92.7 Å². The molecule has 0 radical (unpaired) electrons. The van der Waals surface area contributed by atoms with Gasteiger partial charge in [-0.3, -0.25) is 14.7 Å². The van der Waals surface area contributed by atoms with Gasteiger partial charge < -0.3 is 23.8 Å². The van der Waals surface area contributed by atoms with E-state index < -0.39 is 5.41 Å². The molecule has 2 aliphatic rings. The predicted molar refractivity (Wildman–Crippen MR) is 145 cm³/mol. The standard InChI is InChI=1S/C29H31N5O4/c1-32-24-7-5-22(37-2)14-19(24)15-25(32)27(35)33-11-8-29(9-12-33)10-13-34(28(29)36)21-4-6-23(26(16-21)38-3)20-17-30-31-18-20/h4-7,14-18H,8-13H2,1-3H3,(H,30,31). The van der Waals surface area contributed by atoms with E-state index in [1.165, 1.54) is 0 Å². The Morgan fingerprint density at radius 1 is 1.00 bits per heavy atom. The van der Waals surface area contributed by atoms with Gasteiger partial charge in [0.05, 0.1) is 25.8 Å². The van der Waals surface area contributed by atoms with Gasteiger partial charge in [-0.2, -0.15) is 5.10 Å². The maximum Gasteiger partial charge on any atom is 0.270 e. The molecule has 4 aromatic rings. The number of carbonyl (C=O) groups excluding carboxylic acids is 2. The number of aromatic amines is 1. The van der Waals surface area contributed by atoms with Crippen LogP contribution in [0.1, 0.15) is 29.8 Å². The molecule has 2 saturated heterocycles. The minimum Gasteiger partial charge on any atom is -0.497 e. The molecule has 0 atom stereocenters. The lowest BCUT2D eigenvalue weighted by Crippen LogP contribution is -2.47. The van der Waals surface area contributed by atoms with Gasteiger partial charge in [0, 0.05) is 66.7 Å². The summed E-state index contributed by atoms with van der Waals surface area (Å²) < 4.78 is 12.9. The highest BCUT2D eigenvalue weighted by Crippen LogP contribution is 2.44. The van der Waals surface area contributed by atoms with Crippen LogP contribution in [0.25, 0.3) is 22.0 Å². The number of hydrogen-bond donors (Lipinski definition) is 1. The molecule has 4 heterocycles. The molecule has 0 aliphatic carbocycles. The number of anilines is 1. The number of likely N-dealkylation sites (tertiary alicyclic amines) is 1. The van der Waals surface area contributed by atoms with Gasteiger partial charge in [0.1, 0.15) is 17.2 Å². The summed E-state index contributed by atoms with van der Waals surface area (Å²) in [6.07, 6.45) is 5.68. The Balaban J connectivity index is 1.17. The second-order valence-corrected chi connectivity index (χ2v) is 10.2. The number of benzene rings is 2. The Kier molecular flexibility index (Phi) is 5.86. The molecule has 6 rings (SSSR count). The SMILES string of the molecule is COc1ccc2c(c1)cc(C(=O)N1CCC3(CC1)CCN(c1ccc(-c4cn[nH]c4)c(OC)c1)C3=O)n2C. The minimum atomic E-state index is -0.431. The minimum absolute atomic E-state index is 0.000564. The molecule has 2 aliphatic heterocycles. The van der Waals surface area contributed by atoms with Gasteiger partial charge in [-0.15, -0.1) is 0 Å². The molecule has 1 spiro atoms. The molecule has 196 valence electrons. The number of rotatable bonds is 5. The van der Waals surface area contributed by atoms with Crippen molar-refractivity contribution in [1.29, 1.82) is 0 Å². The normalized spacial score (nSPS) is 17.0. The number of fused-ring (bicyclic) bond motifs is 1. The fourth-order valence-corrected chi connectivity index (χ4v) is 5.97. The van der Waals surface area contributed by atoms with E-state index in [0.29, 0.717) is 43.9 Å². The Morgan fingerprint density at radius 3 is 2.50 bits per heavy atom. The lowest BCUT2D eigenvalue weighted by molar-refractivity contribution is -0.127. The quantitative estimate of drug-likeness (QED) is 0.431. The molecular weight excluding hydrogens is 482 g/mol. The first-order chi connectivity index (χ1) is 18.4. The van der Waals surface area contributed by atoms with Crippen molar-refractivity contribution in [2.75, 3.05) is 38.8 Å². The van der Waals surface area contributed by atoms with Crippen molar-refractivity contribution in [3.8, 4) is 22.6 Å². The van der Waals surface area contributed by atoms with E-state index in [2.05, 4.69) is 10.2 Å².